The molecule has 0 aromatic carbocycles. The fourth-order valence-electron chi connectivity index (χ4n) is 3.93. The van der Waals surface area contributed by atoms with E-state index in [1.807, 2.05) is 0 Å². The first-order valence-corrected chi connectivity index (χ1v) is 10.9. The highest BCUT2D eigenvalue weighted by Gasteiger charge is 2.52. The van der Waals surface area contributed by atoms with Gasteiger partial charge in [-0.15, -0.1) is 0 Å². The summed E-state index contributed by atoms with van der Waals surface area (Å²) in [5.41, 5.74) is 0. The number of carbonyl (C=O) groups excluding carboxylic acids is 3. The van der Waals surface area contributed by atoms with E-state index in [0.717, 1.165) is 12.2 Å². The summed E-state index contributed by atoms with van der Waals surface area (Å²) in [7, 11) is 0. The first-order valence-electron chi connectivity index (χ1n) is 10.9. The number of aliphatic carboxylic acids is 1. The van der Waals surface area contributed by atoms with Crippen molar-refractivity contribution in [1.29, 1.82) is 0 Å². The number of ether oxygens (including phenoxy) is 5. The Balaban J connectivity index is 2.38. The number of rotatable bonds is 9. The van der Waals surface area contributed by atoms with Crippen molar-refractivity contribution >= 4 is 23.8 Å². The smallest absolute Gasteiger partial charge is 0.333 e. The van der Waals surface area contributed by atoms with Crippen LogP contribution in [0.25, 0.3) is 0 Å². The quantitative estimate of drug-likeness (QED) is 0.215. The van der Waals surface area contributed by atoms with E-state index in [1.165, 1.54) is 13.8 Å². The Morgan fingerprint density at radius 2 is 1.63 bits per heavy atom. The van der Waals surface area contributed by atoms with Gasteiger partial charge in [0.1, 0.15) is 31.0 Å². The summed E-state index contributed by atoms with van der Waals surface area (Å²) in [5, 5.41) is 33.8. The number of carboxylic acid groups (broad SMARTS) is 1. The van der Waals surface area contributed by atoms with Crippen LogP contribution in [-0.4, -0.2) is 101 Å². The molecule has 0 radical (unpaired) electrons. The van der Waals surface area contributed by atoms with Crippen molar-refractivity contribution in [2.75, 3.05) is 6.61 Å². The molecule has 2 heterocycles. The molecular weight excluding hydrogens is 470 g/mol. The second-order valence-electron chi connectivity index (χ2n) is 8.25. The molecule has 2 aliphatic heterocycles. The van der Waals surface area contributed by atoms with Crippen LogP contribution in [0.3, 0.4) is 0 Å². The molecule has 35 heavy (non-hydrogen) atoms. The van der Waals surface area contributed by atoms with Gasteiger partial charge in [0, 0.05) is 25.0 Å². The lowest BCUT2D eigenvalue weighted by atomic mass is 9.89. The van der Waals surface area contributed by atoms with E-state index in [9.17, 15) is 34.5 Å². The van der Waals surface area contributed by atoms with Gasteiger partial charge in [-0.05, 0) is 6.92 Å². The maximum absolute atomic E-state index is 11.9. The minimum absolute atomic E-state index is 0.388. The van der Waals surface area contributed by atoms with E-state index in [-0.39, 0.29) is 6.61 Å². The third-order valence-corrected chi connectivity index (χ3v) is 5.75. The number of aliphatic hydroxyl groups excluding tert-OH is 2. The number of esters is 2. The van der Waals surface area contributed by atoms with Crippen LogP contribution in [0.15, 0.2) is 25.3 Å². The highest BCUT2D eigenvalue weighted by atomic mass is 16.7. The summed E-state index contributed by atoms with van der Waals surface area (Å²) in [6.45, 7) is 10.4. The van der Waals surface area contributed by atoms with Crippen LogP contribution in [0, 0.1) is 5.92 Å². The largest absolute Gasteiger partial charge is 0.479 e. The lowest BCUT2D eigenvalue weighted by Gasteiger charge is -2.47. The van der Waals surface area contributed by atoms with Gasteiger partial charge >= 0.3 is 17.9 Å². The minimum atomic E-state index is -1.66. The summed E-state index contributed by atoms with van der Waals surface area (Å²) >= 11 is 0. The first kappa shape index (κ1) is 28.4. The number of hydrogen-bond acceptors (Lipinski definition) is 11. The normalized spacial score (nSPS) is 36.9. The van der Waals surface area contributed by atoms with Crippen molar-refractivity contribution in [3.8, 4) is 0 Å². The van der Waals surface area contributed by atoms with Crippen molar-refractivity contribution in [2.45, 2.75) is 75.8 Å². The minimum Gasteiger partial charge on any atom is -0.479 e. The van der Waals surface area contributed by atoms with E-state index < -0.39 is 84.8 Å². The van der Waals surface area contributed by atoms with Crippen molar-refractivity contribution in [3.63, 3.8) is 0 Å². The Labute approximate surface area is 201 Å². The van der Waals surface area contributed by atoms with Gasteiger partial charge in [-0.25, -0.2) is 14.4 Å². The van der Waals surface area contributed by atoms with Gasteiger partial charge in [0.25, 0.3) is 0 Å². The molecule has 13 nitrogen and oxygen atoms in total. The third-order valence-electron chi connectivity index (χ3n) is 5.75. The Morgan fingerprint density at radius 3 is 2.17 bits per heavy atom. The molecule has 2 saturated heterocycles. The average Bonchev–Trinajstić information content (AvgIpc) is 2.80. The standard InChI is InChI=1S/C22H31NO12/c1-6-13(25)31-8-12-17(28)19(15(10(4)32-12)23-11(5)24)35-22-20(33-14(26)7-2)16(27)9(3)18(34-22)21(29)30/h6-7,9-10,12,15-20,22,27-28H,1-2,8H2,3-5H3,(H,23,24)(H,29,30). The zero-order valence-electron chi connectivity index (χ0n) is 19.6. The second kappa shape index (κ2) is 12.2. The predicted molar refractivity (Wildman–Crippen MR) is 116 cm³/mol. The highest BCUT2D eigenvalue weighted by molar-refractivity contribution is 5.81. The Kier molecular flexibility index (Phi) is 9.92. The molecule has 10 unspecified atom stereocenters. The second-order valence-corrected chi connectivity index (χ2v) is 8.25. The Hall–Kier alpha value is -2.84. The summed E-state index contributed by atoms with van der Waals surface area (Å²) in [6.07, 6.45) is -9.18. The zero-order chi connectivity index (χ0) is 26.4. The van der Waals surface area contributed by atoms with E-state index >= 15 is 0 Å². The third kappa shape index (κ3) is 6.86. The van der Waals surface area contributed by atoms with Crippen LogP contribution in [0.4, 0.5) is 0 Å². The SMILES string of the molecule is C=CC(=O)OCC1OC(C)C(NC(C)=O)C(OC2OC(C(=O)O)C(C)C(O)C2OC(=O)C=C)C1O. The number of aliphatic hydroxyl groups is 2. The van der Waals surface area contributed by atoms with Crippen molar-refractivity contribution in [2.24, 2.45) is 5.92 Å². The van der Waals surface area contributed by atoms with E-state index in [4.69, 9.17) is 23.7 Å². The van der Waals surface area contributed by atoms with Crippen LogP contribution < -0.4 is 5.32 Å². The van der Waals surface area contributed by atoms with Crippen molar-refractivity contribution in [3.05, 3.63) is 25.3 Å². The first-order chi connectivity index (χ1) is 16.4. The van der Waals surface area contributed by atoms with Gasteiger partial charge in [-0.1, -0.05) is 20.1 Å². The molecule has 13 heteroatoms. The summed E-state index contributed by atoms with van der Waals surface area (Å²) in [4.78, 5) is 46.8. The number of amides is 1. The summed E-state index contributed by atoms with van der Waals surface area (Å²) in [5.74, 6) is -4.57. The van der Waals surface area contributed by atoms with Gasteiger partial charge in [0.2, 0.25) is 5.91 Å². The van der Waals surface area contributed by atoms with Crippen molar-refractivity contribution < 1.29 is 58.2 Å². The number of carboxylic acids is 1. The summed E-state index contributed by atoms with van der Waals surface area (Å²) in [6, 6.07) is -0.979. The van der Waals surface area contributed by atoms with Crippen LogP contribution in [0.5, 0.6) is 0 Å². The van der Waals surface area contributed by atoms with Gasteiger partial charge < -0.3 is 44.3 Å². The highest BCUT2D eigenvalue weighted by Crippen LogP contribution is 2.33. The molecule has 0 aromatic rings. The van der Waals surface area contributed by atoms with Crippen molar-refractivity contribution in [1.82, 2.24) is 5.32 Å². The number of carbonyl (C=O) groups is 4. The Morgan fingerprint density at radius 1 is 1.00 bits per heavy atom. The molecule has 0 aromatic heterocycles. The van der Waals surface area contributed by atoms with Gasteiger partial charge in [0.05, 0.1) is 12.1 Å². The van der Waals surface area contributed by atoms with Gasteiger partial charge in [0.15, 0.2) is 18.5 Å². The molecule has 10 atom stereocenters. The van der Waals surface area contributed by atoms with E-state index in [1.54, 1.807) is 6.92 Å². The van der Waals surface area contributed by atoms with Crippen LogP contribution in [0.1, 0.15) is 20.8 Å². The van der Waals surface area contributed by atoms with Crippen LogP contribution in [0.2, 0.25) is 0 Å². The topological polar surface area (TPSA) is 187 Å². The Bertz CT molecular complexity index is 831. The molecule has 0 bridgehead atoms. The van der Waals surface area contributed by atoms with Gasteiger partial charge in [-0.2, -0.15) is 0 Å². The molecule has 196 valence electrons. The molecule has 2 aliphatic rings. The molecule has 4 N–H and O–H groups in total. The maximum Gasteiger partial charge on any atom is 0.333 e. The van der Waals surface area contributed by atoms with Crippen LogP contribution in [-0.2, 0) is 42.9 Å². The number of nitrogens with one attached hydrogen (secondary N) is 1. The molecular formula is C22H31NO12. The predicted octanol–water partition coefficient (Wildman–Crippen LogP) is -1.34. The zero-order valence-corrected chi connectivity index (χ0v) is 19.6. The molecule has 1 amide bonds. The molecule has 0 aliphatic carbocycles. The average molecular weight is 501 g/mol. The molecule has 2 fully saturated rings. The fourth-order valence-corrected chi connectivity index (χ4v) is 3.93. The molecule has 0 spiro atoms. The maximum atomic E-state index is 11.9. The number of hydrogen-bond donors (Lipinski definition) is 4. The molecule has 0 saturated carbocycles. The summed E-state index contributed by atoms with van der Waals surface area (Å²) < 4.78 is 27.2. The monoisotopic (exact) mass is 501 g/mol. The van der Waals surface area contributed by atoms with E-state index in [2.05, 4.69) is 18.5 Å². The lowest BCUT2D eigenvalue weighted by molar-refractivity contribution is -0.319. The fraction of sp³-hybridized carbons (Fsp3) is 0.636. The molecule has 2 rings (SSSR count). The van der Waals surface area contributed by atoms with E-state index in [0.29, 0.717) is 0 Å². The van der Waals surface area contributed by atoms with Gasteiger partial charge in [-0.3, -0.25) is 4.79 Å². The lowest BCUT2D eigenvalue weighted by Crippen LogP contribution is -2.67. The van der Waals surface area contributed by atoms with Crippen LogP contribution >= 0.6 is 0 Å².